The van der Waals surface area contributed by atoms with Gasteiger partial charge in [0.1, 0.15) is 0 Å². The van der Waals surface area contributed by atoms with E-state index in [0.29, 0.717) is 58.2 Å². The van der Waals surface area contributed by atoms with Crippen LogP contribution in [0.4, 0.5) is 0 Å². The van der Waals surface area contributed by atoms with E-state index < -0.39 is 0 Å². The monoisotopic (exact) mass is 271 g/mol. The third kappa shape index (κ3) is 6.54. The summed E-state index contributed by atoms with van der Waals surface area (Å²) in [5.41, 5.74) is 5.49. The molecule has 1 aliphatic heterocycles. The third-order valence-corrected chi connectivity index (χ3v) is 3.29. The Bertz CT molecular complexity index is 291. The molecule has 0 saturated carbocycles. The fraction of sp³-hybridized carbons (Fsp3) is 0.846. The van der Waals surface area contributed by atoms with Crippen molar-refractivity contribution in [1.29, 1.82) is 0 Å². The molecule has 0 bridgehead atoms. The maximum absolute atomic E-state index is 11.8. The zero-order valence-electron chi connectivity index (χ0n) is 11.7. The van der Waals surface area contributed by atoms with Crippen molar-refractivity contribution in [2.75, 3.05) is 39.4 Å². The average Bonchev–Trinajstić information content (AvgIpc) is 2.45. The SMILES string of the molecule is CC(CN)CCC(=O)NCCC(=O)N1CCOCC1. The molecule has 0 aromatic heterocycles. The predicted molar refractivity (Wildman–Crippen MR) is 72.5 cm³/mol. The van der Waals surface area contributed by atoms with Crippen LogP contribution in [-0.4, -0.2) is 56.1 Å². The highest BCUT2D eigenvalue weighted by Crippen LogP contribution is 2.03. The lowest BCUT2D eigenvalue weighted by atomic mass is 10.1. The maximum atomic E-state index is 11.8. The van der Waals surface area contributed by atoms with Crippen LogP contribution in [0.5, 0.6) is 0 Å². The summed E-state index contributed by atoms with van der Waals surface area (Å²) in [6.07, 6.45) is 1.63. The quantitative estimate of drug-likeness (QED) is 0.667. The van der Waals surface area contributed by atoms with Crippen LogP contribution in [0.3, 0.4) is 0 Å². The third-order valence-electron chi connectivity index (χ3n) is 3.29. The summed E-state index contributed by atoms with van der Waals surface area (Å²) in [6.45, 7) is 5.55. The second-order valence-corrected chi connectivity index (χ2v) is 4.97. The Morgan fingerprint density at radius 2 is 2.00 bits per heavy atom. The molecule has 6 nitrogen and oxygen atoms in total. The van der Waals surface area contributed by atoms with E-state index in [1.165, 1.54) is 0 Å². The van der Waals surface area contributed by atoms with Gasteiger partial charge in [0.05, 0.1) is 13.2 Å². The van der Waals surface area contributed by atoms with Crippen LogP contribution in [0.25, 0.3) is 0 Å². The minimum absolute atomic E-state index is 0.00456. The van der Waals surface area contributed by atoms with Gasteiger partial charge in [-0.25, -0.2) is 0 Å². The zero-order valence-corrected chi connectivity index (χ0v) is 11.7. The Hall–Kier alpha value is -1.14. The van der Waals surface area contributed by atoms with Gasteiger partial charge in [-0.2, -0.15) is 0 Å². The number of hydrogen-bond acceptors (Lipinski definition) is 4. The van der Waals surface area contributed by atoms with Gasteiger partial charge in [0.15, 0.2) is 0 Å². The number of nitrogens with zero attached hydrogens (tertiary/aromatic N) is 1. The van der Waals surface area contributed by atoms with Crippen molar-refractivity contribution in [3.05, 3.63) is 0 Å². The molecule has 1 rings (SSSR count). The van der Waals surface area contributed by atoms with Gasteiger partial charge in [-0.1, -0.05) is 6.92 Å². The lowest BCUT2D eigenvalue weighted by Crippen LogP contribution is -2.42. The molecule has 1 saturated heterocycles. The van der Waals surface area contributed by atoms with E-state index >= 15 is 0 Å². The van der Waals surface area contributed by atoms with Gasteiger partial charge >= 0.3 is 0 Å². The minimum Gasteiger partial charge on any atom is -0.378 e. The molecule has 0 aromatic rings. The maximum Gasteiger partial charge on any atom is 0.224 e. The summed E-state index contributed by atoms with van der Waals surface area (Å²) < 4.78 is 5.18. The molecule has 1 atom stereocenters. The van der Waals surface area contributed by atoms with Crippen LogP contribution in [-0.2, 0) is 14.3 Å². The summed E-state index contributed by atoms with van der Waals surface area (Å²) >= 11 is 0. The van der Waals surface area contributed by atoms with Gasteiger partial charge in [0, 0.05) is 32.5 Å². The van der Waals surface area contributed by atoms with E-state index in [-0.39, 0.29) is 11.8 Å². The lowest BCUT2D eigenvalue weighted by molar-refractivity contribution is -0.135. The van der Waals surface area contributed by atoms with Gasteiger partial charge in [0.25, 0.3) is 0 Å². The van der Waals surface area contributed by atoms with Gasteiger partial charge in [-0.3, -0.25) is 9.59 Å². The van der Waals surface area contributed by atoms with Crippen molar-refractivity contribution in [3.8, 4) is 0 Å². The number of nitrogens with two attached hydrogens (primary N) is 1. The predicted octanol–water partition coefficient (Wildman–Crippen LogP) is -0.273. The molecule has 3 N–H and O–H groups in total. The largest absolute Gasteiger partial charge is 0.378 e. The van der Waals surface area contributed by atoms with Crippen LogP contribution >= 0.6 is 0 Å². The fourth-order valence-corrected chi connectivity index (χ4v) is 1.86. The molecule has 110 valence electrons. The van der Waals surface area contributed by atoms with Gasteiger partial charge < -0.3 is 20.7 Å². The fourth-order valence-electron chi connectivity index (χ4n) is 1.86. The van der Waals surface area contributed by atoms with Crippen molar-refractivity contribution in [3.63, 3.8) is 0 Å². The molecule has 0 spiro atoms. The Balaban J connectivity index is 2.08. The number of rotatable bonds is 7. The molecule has 1 aliphatic rings. The van der Waals surface area contributed by atoms with Crippen LogP contribution in [0.1, 0.15) is 26.2 Å². The first-order valence-electron chi connectivity index (χ1n) is 6.95. The lowest BCUT2D eigenvalue weighted by Gasteiger charge is -2.26. The number of morpholine rings is 1. The van der Waals surface area contributed by atoms with E-state index in [0.717, 1.165) is 6.42 Å². The second kappa shape index (κ2) is 8.87. The normalized spacial score (nSPS) is 17.1. The number of ether oxygens (including phenoxy) is 1. The number of hydrogen-bond donors (Lipinski definition) is 2. The Labute approximate surface area is 114 Å². The first kappa shape index (κ1) is 15.9. The van der Waals surface area contributed by atoms with E-state index in [9.17, 15) is 9.59 Å². The van der Waals surface area contributed by atoms with Crippen molar-refractivity contribution in [2.24, 2.45) is 11.7 Å². The Morgan fingerprint density at radius 3 is 2.63 bits per heavy atom. The molecule has 0 radical (unpaired) electrons. The summed E-state index contributed by atoms with van der Waals surface area (Å²) in [7, 11) is 0. The number of nitrogens with one attached hydrogen (secondary N) is 1. The highest BCUT2D eigenvalue weighted by molar-refractivity contribution is 5.79. The van der Waals surface area contributed by atoms with Crippen molar-refractivity contribution in [1.82, 2.24) is 10.2 Å². The molecule has 1 unspecified atom stereocenters. The van der Waals surface area contributed by atoms with Crippen molar-refractivity contribution >= 4 is 11.8 Å². The molecule has 1 heterocycles. The topological polar surface area (TPSA) is 84.7 Å². The summed E-state index contributed by atoms with van der Waals surface area (Å²) in [4.78, 5) is 25.1. The van der Waals surface area contributed by atoms with Crippen LogP contribution < -0.4 is 11.1 Å². The number of carbonyl (C=O) groups is 2. The molecule has 2 amide bonds. The van der Waals surface area contributed by atoms with Crippen LogP contribution in [0.2, 0.25) is 0 Å². The first-order chi connectivity index (χ1) is 9.13. The van der Waals surface area contributed by atoms with Crippen LogP contribution in [0.15, 0.2) is 0 Å². The summed E-state index contributed by atoms with van der Waals surface area (Å²) in [6, 6.07) is 0. The van der Waals surface area contributed by atoms with Gasteiger partial charge in [0.2, 0.25) is 11.8 Å². The van der Waals surface area contributed by atoms with E-state index in [4.69, 9.17) is 10.5 Å². The molecule has 19 heavy (non-hydrogen) atoms. The zero-order chi connectivity index (χ0) is 14.1. The Morgan fingerprint density at radius 1 is 1.32 bits per heavy atom. The first-order valence-corrected chi connectivity index (χ1v) is 6.95. The minimum atomic E-state index is -0.00456. The summed E-state index contributed by atoms with van der Waals surface area (Å²) in [5.74, 6) is 0.440. The smallest absolute Gasteiger partial charge is 0.224 e. The van der Waals surface area contributed by atoms with Gasteiger partial charge in [-0.05, 0) is 18.9 Å². The van der Waals surface area contributed by atoms with E-state index in [1.807, 2.05) is 6.92 Å². The highest BCUT2D eigenvalue weighted by Gasteiger charge is 2.16. The van der Waals surface area contributed by atoms with E-state index in [1.54, 1.807) is 4.90 Å². The average molecular weight is 271 g/mol. The molecular weight excluding hydrogens is 246 g/mol. The summed E-state index contributed by atoms with van der Waals surface area (Å²) in [5, 5.41) is 2.77. The number of amides is 2. The highest BCUT2D eigenvalue weighted by atomic mass is 16.5. The molecule has 0 aliphatic carbocycles. The second-order valence-electron chi connectivity index (χ2n) is 4.97. The van der Waals surface area contributed by atoms with Crippen molar-refractivity contribution in [2.45, 2.75) is 26.2 Å². The van der Waals surface area contributed by atoms with E-state index in [2.05, 4.69) is 5.32 Å². The molecule has 0 aromatic carbocycles. The molecule has 1 fully saturated rings. The molecule has 6 heteroatoms. The number of carbonyl (C=O) groups excluding carboxylic acids is 2. The molecular formula is C13H25N3O3. The van der Waals surface area contributed by atoms with Crippen molar-refractivity contribution < 1.29 is 14.3 Å². The van der Waals surface area contributed by atoms with Gasteiger partial charge in [-0.15, -0.1) is 0 Å². The Kier molecular flexibility index (Phi) is 7.43. The van der Waals surface area contributed by atoms with Crippen LogP contribution in [0, 0.1) is 5.92 Å². The standard InChI is InChI=1S/C13H25N3O3/c1-11(10-14)2-3-12(17)15-5-4-13(18)16-6-8-19-9-7-16/h11H,2-10,14H2,1H3,(H,15,17).